The molecule has 114 valence electrons. The molecule has 1 aromatic heterocycles. The van der Waals surface area contributed by atoms with E-state index in [4.69, 9.17) is 10.3 Å². The normalized spacial score (nSPS) is 25.1. The van der Waals surface area contributed by atoms with Crippen LogP contribution in [0.5, 0.6) is 0 Å². The molecular weight excluding hydrogens is 270 g/mol. The van der Waals surface area contributed by atoms with Crippen molar-refractivity contribution in [3.8, 4) is 0 Å². The molecule has 0 radical (unpaired) electrons. The van der Waals surface area contributed by atoms with E-state index in [2.05, 4.69) is 30.2 Å². The molecule has 1 aliphatic rings. The monoisotopic (exact) mass is 297 g/mol. The molecule has 1 atom stereocenters. The molecule has 1 unspecified atom stereocenters. The summed E-state index contributed by atoms with van der Waals surface area (Å²) in [6.07, 6.45) is 7.90. The highest BCUT2D eigenvalue weighted by molar-refractivity contribution is 7.98. The summed E-state index contributed by atoms with van der Waals surface area (Å²) in [5.74, 6) is 4.63. The molecule has 4 nitrogen and oxygen atoms in total. The molecule has 0 amide bonds. The molecule has 2 rings (SSSR count). The second-order valence-electron chi connectivity index (χ2n) is 6.23. The van der Waals surface area contributed by atoms with Crippen molar-refractivity contribution in [3.63, 3.8) is 0 Å². The Balaban J connectivity index is 1.89. The van der Waals surface area contributed by atoms with E-state index < -0.39 is 0 Å². The van der Waals surface area contributed by atoms with Gasteiger partial charge in [-0.2, -0.15) is 16.7 Å². The van der Waals surface area contributed by atoms with Crippen molar-refractivity contribution in [1.82, 2.24) is 10.1 Å². The van der Waals surface area contributed by atoms with E-state index in [9.17, 15) is 0 Å². The van der Waals surface area contributed by atoms with Crippen molar-refractivity contribution in [2.24, 2.45) is 17.6 Å². The first-order valence-corrected chi connectivity index (χ1v) is 9.09. The highest BCUT2D eigenvalue weighted by atomic mass is 32.2. The fraction of sp³-hybridized carbons (Fsp3) is 0.867. The van der Waals surface area contributed by atoms with Gasteiger partial charge in [-0.15, -0.1) is 0 Å². The van der Waals surface area contributed by atoms with Gasteiger partial charge >= 0.3 is 0 Å². The third kappa shape index (κ3) is 3.98. The summed E-state index contributed by atoms with van der Waals surface area (Å²) in [5.41, 5.74) is 6.08. The zero-order valence-corrected chi connectivity index (χ0v) is 13.7. The van der Waals surface area contributed by atoms with E-state index in [-0.39, 0.29) is 6.04 Å². The molecule has 1 fully saturated rings. The summed E-state index contributed by atoms with van der Waals surface area (Å²) in [6, 6.07) is -0.115. The third-order valence-corrected chi connectivity index (χ3v) is 5.13. The standard InChI is InChI=1S/C15H27N3OS/c1-10(2)11-4-6-12(7-5-11)14-17-15(19-18-14)13(16)8-9-20-3/h10-13H,4-9,16H2,1-3H3. The number of nitrogens with zero attached hydrogens (tertiary/aromatic N) is 2. The van der Waals surface area contributed by atoms with E-state index >= 15 is 0 Å². The van der Waals surface area contributed by atoms with Crippen LogP contribution in [-0.2, 0) is 0 Å². The summed E-state index contributed by atoms with van der Waals surface area (Å²) < 4.78 is 5.36. The molecule has 0 bridgehead atoms. The SMILES string of the molecule is CSCCC(N)c1nc(C2CCC(C(C)C)CC2)no1. The van der Waals surface area contributed by atoms with Gasteiger partial charge in [0.1, 0.15) is 0 Å². The lowest BCUT2D eigenvalue weighted by Gasteiger charge is -2.29. The van der Waals surface area contributed by atoms with Gasteiger partial charge in [0.05, 0.1) is 6.04 Å². The predicted molar refractivity (Wildman–Crippen MR) is 83.8 cm³/mol. The van der Waals surface area contributed by atoms with Gasteiger partial charge in [-0.05, 0) is 55.9 Å². The van der Waals surface area contributed by atoms with E-state index in [1.54, 1.807) is 11.8 Å². The third-order valence-electron chi connectivity index (χ3n) is 4.49. The molecule has 2 N–H and O–H groups in total. The lowest BCUT2D eigenvalue weighted by molar-refractivity contribution is 0.251. The number of hydrogen-bond acceptors (Lipinski definition) is 5. The van der Waals surface area contributed by atoms with Gasteiger partial charge in [0.15, 0.2) is 5.82 Å². The van der Waals surface area contributed by atoms with Crippen LogP contribution in [-0.4, -0.2) is 22.1 Å². The van der Waals surface area contributed by atoms with Crippen molar-refractivity contribution in [2.45, 2.75) is 57.9 Å². The molecule has 1 aromatic rings. The molecule has 1 aliphatic carbocycles. The van der Waals surface area contributed by atoms with Crippen LogP contribution >= 0.6 is 11.8 Å². The molecule has 0 spiro atoms. The second-order valence-corrected chi connectivity index (χ2v) is 7.22. The lowest BCUT2D eigenvalue weighted by Crippen LogP contribution is -2.18. The maximum Gasteiger partial charge on any atom is 0.243 e. The maximum absolute atomic E-state index is 6.08. The highest BCUT2D eigenvalue weighted by Crippen LogP contribution is 2.37. The topological polar surface area (TPSA) is 64.9 Å². The Bertz CT molecular complexity index is 400. The summed E-state index contributed by atoms with van der Waals surface area (Å²) in [5, 5.41) is 4.17. The Kier molecular flexibility index (Phi) is 5.90. The molecule has 20 heavy (non-hydrogen) atoms. The van der Waals surface area contributed by atoms with Gasteiger partial charge in [0, 0.05) is 5.92 Å². The number of hydrogen-bond donors (Lipinski definition) is 1. The smallest absolute Gasteiger partial charge is 0.243 e. The van der Waals surface area contributed by atoms with E-state index in [0.29, 0.717) is 11.8 Å². The van der Waals surface area contributed by atoms with Crippen LogP contribution in [0.3, 0.4) is 0 Å². The minimum absolute atomic E-state index is 0.115. The van der Waals surface area contributed by atoms with Gasteiger partial charge < -0.3 is 10.3 Å². The Morgan fingerprint density at radius 3 is 2.60 bits per heavy atom. The van der Waals surface area contributed by atoms with Crippen molar-refractivity contribution < 1.29 is 4.52 Å². The molecule has 0 aliphatic heterocycles. The first-order valence-electron chi connectivity index (χ1n) is 7.69. The zero-order valence-electron chi connectivity index (χ0n) is 12.8. The number of nitrogens with two attached hydrogens (primary N) is 1. The van der Waals surface area contributed by atoms with E-state index in [0.717, 1.165) is 29.8 Å². The van der Waals surface area contributed by atoms with Crippen LogP contribution in [0.1, 0.15) is 69.6 Å². The van der Waals surface area contributed by atoms with Gasteiger partial charge in [-0.25, -0.2) is 0 Å². The van der Waals surface area contributed by atoms with E-state index in [1.165, 1.54) is 25.7 Å². The Morgan fingerprint density at radius 1 is 1.30 bits per heavy atom. The van der Waals surface area contributed by atoms with Crippen molar-refractivity contribution in [2.75, 3.05) is 12.0 Å². The first kappa shape index (κ1) is 15.8. The summed E-state index contributed by atoms with van der Waals surface area (Å²) in [4.78, 5) is 4.54. The molecule has 1 heterocycles. The quantitative estimate of drug-likeness (QED) is 0.866. The second kappa shape index (κ2) is 7.46. The average molecular weight is 297 g/mol. The van der Waals surface area contributed by atoms with Gasteiger partial charge in [-0.3, -0.25) is 0 Å². The lowest BCUT2D eigenvalue weighted by atomic mass is 9.77. The largest absolute Gasteiger partial charge is 0.338 e. The molecule has 1 saturated carbocycles. The number of aromatic nitrogens is 2. The molecule has 0 aromatic carbocycles. The highest BCUT2D eigenvalue weighted by Gasteiger charge is 2.27. The fourth-order valence-electron chi connectivity index (χ4n) is 2.98. The van der Waals surface area contributed by atoms with Crippen LogP contribution in [0.4, 0.5) is 0 Å². The summed E-state index contributed by atoms with van der Waals surface area (Å²) in [7, 11) is 0. The minimum Gasteiger partial charge on any atom is -0.338 e. The van der Waals surface area contributed by atoms with Crippen molar-refractivity contribution >= 4 is 11.8 Å². The fourth-order valence-corrected chi connectivity index (χ4v) is 3.47. The first-order chi connectivity index (χ1) is 9.61. The van der Waals surface area contributed by atoms with Crippen LogP contribution in [0.25, 0.3) is 0 Å². The maximum atomic E-state index is 6.08. The minimum atomic E-state index is -0.115. The Hall–Kier alpha value is -0.550. The summed E-state index contributed by atoms with van der Waals surface area (Å²) in [6.45, 7) is 4.64. The van der Waals surface area contributed by atoms with Gasteiger partial charge in [0.25, 0.3) is 0 Å². The van der Waals surface area contributed by atoms with Crippen molar-refractivity contribution in [3.05, 3.63) is 11.7 Å². The summed E-state index contributed by atoms with van der Waals surface area (Å²) >= 11 is 1.79. The van der Waals surface area contributed by atoms with Gasteiger partial charge in [0.2, 0.25) is 5.89 Å². The number of thioether (sulfide) groups is 1. The zero-order chi connectivity index (χ0) is 14.5. The van der Waals surface area contributed by atoms with Crippen LogP contribution < -0.4 is 5.73 Å². The molecule has 0 saturated heterocycles. The predicted octanol–water partition coefficient (Wildman–Crippen LogP) is 3.75. The Labute approximate surface area is 126 Å². The van der Waals surface area contributed by atoms with Crippen LogP contribution in [0.2, 0.25) is 0 Å². The van der Waals surface area contributed by atoms with Crippen LogP contribution in [0, 0.1) is 11.8 Å². The Morgan fingerprint density at radius 2 is 2.00 bits per heavy atom. The van der Waals surface area contributed by atoms with Crippen LogP contribution in [0.15, 0.2) is 4.52 Å². The molecular formula is C15H27N3OS. The number of rotatable bonds is 6. The van der Waals surface area contributed by atoms with E-state index in [1.807, 2.05) is 0 Å². The van der Waals surface area contributed by atoms with Gasteiger partial charge in [-0.1, -0.05) is 19.0 Å². The van der Waals surface area contributed by atoms with Crippen molar-refractivity contribution in [1.29, 1.82) is 0 Å². The molecule has 5 heteroatoms. The average Bonchev–Trinajstić information content (AvgIpc) is 2.94.